The Labute approximate surface area is 161 Å². The number of aliphatic hydroxyl groups is 2. The molecule has 6 atom stereocenters. The number of para-hydroxylation sites is 1. The molecule has 2 unspecified atom stereocenters. The lowest BCUT2D eigenvalue weighted by Crippen LogP contribution is -2.64. The minimum Gasteiger partial charge on any atom is -0.479 e. The van der Waals surface area contributed by atoms with Crippen molar-refractivity contribution in [2.45, 2.75) is 57.2 Å². The SMILES string of the molecule is CC(=O)Oc1ccccc1COC1O[C@H](CO)[C@@H](O)[C@H](OC(C)C(=O)O)[C@H]1N. The van der Waals surface area contributed by atoms with Gasteiger partial charge in [-0.05, 0) is 13.0 Å². The van der Waals surface area contributed by atoms with E-state index < -0.39 is 55.3 Å². The number of carbonyl (C=O) groups is 2. The smallest absolute Gasteiger partial charge is 0.332 e. The summed E-state index contributed by atoms with van der Waals surface area (Å²) in [4.78, 5) is 22.3. The first kappa shape index (κ1) is 22.2. The number of ether oxygens (including phenoxy) is 4. The number of rotatable bonds is 8. The van der Waals surface area contributed by atoms with Gasteiger partial charge >= 0.3 is 11.9 Å². The van der Waals surface area contributed by atoms with Crippen molar-refractivity contribution in [3.63, 3.8) is 0 Å². The number of hydrogen-bond acceptors (Lipinski definition) is 9. The summed E-state index contributed by atoms with van der Waals surface area (Å²) in [7, 11) is 0. The molecule has 10 heteroatoms. The van der Waals surface area contributed by atoms with E-state index in [9.17, 15) is 19.8 Å². The third kappa shape index (κ3) is 5.47. The average molecular weight is 399 g/mol. The summed E-state index contributed by atoms with van der Waals surface area (Å²) in [6, 6.07) is 5.68. The minimum atomic E-state index is -1.34. The fraction of sp³-hybridized carbons (Fsp3) is 0.556. The van der Waals surface area contributed by atoms with Gasteiger partial charge in [0.15, 0.2) is 12.4 Å². The molecule has 28 heavy (non-hydrogen) atoms. The van der Waals surface area contributed by atoms with E-state index in [0.717, 1.165) is 0 Å². The summed E-state index contributed by atoms with van der Waals surface area (Å²) in [5, 5.41) is 28.8. The van der Waals surface area contributed by atoms with Crippen LogP contribution in [-0.4, -0.2) is 70.6 Å². The number of hydrogen-bond donors (Lipinski definition) is 4. The van der Waals surface area contributed by atoms with Gasteiger partial charge in [0.25, 0.3) is 0 Å². The van der Waals surface area contributed by atoms with Crippen molar-refractivity contribution in [2.75, 3.05) is 6.61 Å². The maximum atomic E-state index is 11.2. The second-order valence-corrected chi connectivity index (χ2v) is 6.39. The Morgan fingerprint density at radius 3 is 2.61 bits per heavy atom. The summed E-state index contributed by atoms with van der Waals surface area (Å²) in [6.45, 7) is 1.99. The van der Waals surface area contributed by atoms with Gasteiger partial charge in [-0.1, -0.05) is 18.2 Å². The van der Waals surface area contributed by atoms with Crippen molar-refractivity contribution < 1.29 is 43.9 Å². The summed E-state index contributed by atoms with van der Waals surface area (Å²) in [6.07, 6.45) is -5.87. The van der Waals surface area contributed by atoms with Crippen LogP contribution < -0.4 is 10.5 Å². The lowest BCUT2D eigenvalue weighted by molar-refractivity contribution is -0.280. The molecule has 1 saturated heterocycles. The third-order valence-electron chi connectivity index (χ3n) is 4.24. The Kier molecular flexibility index (Phi) is 7.87. The van der Waals surface area contributed by atoms with Crippen LogP contribution in [0.4, 0.5) is 0 Å². The summed E-state index contributed by atoms with van der Waals surface area (Å²) in [5.74, 6) is -1.40. The first-order valence-corrected chi connectivity index (χ1v) is 8.70. The van der Waals surface area contributed by atoms with E-state index in [-0.39, 0.29) is 6.61 Å². The number of esters is 1. The Balaban J connectivity index is 2.12. The van der Waals surface area contributed by atoms with E-state index in [1.165, 1.54) is 13.8 Å². The molecule has 0 aromatic heterocycles. The van der Waals surface area contributed by atoms with Gasteiger partial charge in [-0.3, -0.25) is 4.79 Å². The van der Waals surface area contributed by atoms with Crippen LogP contribution in [0.3, 0.4) is 0 Å². The molecule has 156 valence electrons. The average Bonchev–Trinajstić information content (AvgIpc) is 2.65. The number of carbonyl (C=O) groups excluding carboxylic acids is 1. The van der Waals surface area contributed by atoms with Crippen molar-refractivity contribution in [2.24, 2.45) is 5.73 Å². The number of nitrogens with two attached hydrogens (primary N) is 1. The first-order chi connectivity index (χ1) is 13.2. The van der Waals surface area contributed by atoms with Gasteiger partial charge in [0.05, 0.1) is 19.3 Å². The molecular formula is C18H25NO9. The van der Waals surface area contributed by atoms with Gasteiger partial charge in [0.1, 0.15) is 24.1 Å². The molecule has 0 saturated carbocycles. The van der Waals surface area contributed by atoms with Gasteiger partial charge in [0, 0.05) is 12.5 Å². The van der Waals surface area contributed by atoms with Crippen LogP contribution in [-0.2, 0) is 30.4 Å². The summed E-state index contributed by atoms with van der Waals surface area (Å²) >= 11 is 0. The Morgan fingerprint density at radius 1 is 1.32 bits per heavy atom. The van der Waals surface area contributed by atoms with E-state index in [4.69, 9.17) is 29.8 Å². The molecule has 1 heterocycles. The van der Waals surface area contributed by atoms with Gasteiger partial charge in [-0.15, -0.1) is 0 Å². The summed E-state index contributed by atoms with van der Waals surface area (Å²) in [5.41, 5.74) is 6.62. The molecule has 1 aliphatic heterocycles. The Morgan fingerprint density at radius 2 is 2.00 bits per heavy atom. The van der Waals surface area contributed by atoms with E-state index in [0.29, 0.717) is 11.3 Å². The molecule has 0 aliphatic carbocycles. The fourth-order valence-electron chi connectivity index (χ4n) is 2.75. The predicted molar refractivity (Wildman–Crippen MR) is 94.2 cm³/mol. The Bertz CT molecular complexity index is 683. The first-order valence-electron chi connectivity index (χ1n) is 8.70. The molecule has 0 spiro atoms. The highest BCUT2D eigenvalue weighted by atomic mass is 16.7. The highest BCUT2D eigenvalue weighted by Gasteiger charge is 2.45. The number of carboxylic acids is 1. The lowest BCUT2D eigenvalue weighted by Gasteiger charge is -2.43. The zero-order chi connectivity index (χ0) is 20.8. The molecule has 2 rings (SSSR count). The zero-order valence-corrected chi connectivity index (χ0v) is 15.6. The van der Waals surface area contributed by atoms with Crippen molar-refractivity contribution >= 4 is 11.9 Å². The molecule has 1 aromatic rings. The molecule has 1 fully saturated rings. The van der Waals surface area contributed by atoms with Gasteiger partial charge in [0.2, 0.25) is 0 Å². The highest BCUT2D eigenvalue weighted by molar-refractivity contribution is 5.71. The topological polar surface area (TPSA) is 158 Å². The summed E-state index contributed by atoms with van der Waals surface area (Å²) < 4.78 is 21.6. The van der Waals surface area contributed by atoms with Crippen LogP contribution in [0.15, 0.2) is 24.3 Å². The van der Waals surface area contributed by atoms with Crippen LogP contribution >= 0.6 is 0 Å². The molecule has 10 nitrogen and oxygen atoms in total. The molecule has 0 radical (unpaired) electrons. The van der Waals surface area contributed by atoms with Crippen LogP contribution in [0, 0.1) is 0 Å². The molecule has 1 aliphatic rings. The van der Waals surface area contributed by atoms with Gasteiger partial charge < -0.3 is 40.0 Å². The van der Waals surface area contributed by atoms with Crippen LogP contribution in [0.2, 0.25) is 0 Å². The van der Waals surface area contributed by atoms with E-state index >= 15 is 0 Å². The quantitative estimate of drug-likeness (QED) is 0.328. The van der Waals surface area contributed by atoms with Crippen molar-refractivity contribution in [3.05, 3.63) is 29.8 Å². The number of aliphatic hydroxyl groups excluding tert-OH is 2. The fourth-order valence-corrected chi connectivity index (χ4v) is 2.75. The maximum Gasteiger partial charge on any atom is 0.332 e. The molecule has 5 N–H and O–H groups in total. The molecule has 0 bridgehead atoms. The maximum absolute atomic E-state index is 11.2. The second-order valence-electron chi connectivity index (χ2n) is 6.39. The van der Waals surface area contributed by atoms with Crippen LogP contribution in [0.1, 0.15) is 19.4 Å². The largest absolute Gasteiger partial charge is 0.479 e. The molecule has 0 amide bonds. The molecular weight excluding hydrogens is 374 g/mol. The van der Waals surface area contributed by atoms with Crippen LogP contribution in [0.5, 0.6) is 5.75 Å². The monoisotopic (exact) mass is 399 g/mol. The number of aliphatic carboxylic acids is 1. The van der Waals surface area contributed by atoms with Gasteiger partial charge in [-0.25, -0.2) is 4.79 Å². The third-order valence-corrected chi connectivity index (χ3v) is 4.24. The van der Waals surface area contributed by atoms with Crippen molar-refractivity contribution in [3.8, 4) is 5.75 Å². The van der Waals surface area contributed by atoms with Crippen LogP contribution in [0.25, 0.3) is 0 Å². The second kappa shape index (κ2) is 9.92. The Hall–Kier alpha value is -2.08. The zero-order valence-electron chi connectivity index (χ0n) is 15.6. The molecule has 1 aromatic carbocycles. The van der Waals surface area contributed by atoms with E-state index in [1.807, 2.05) is 0 Å². The number of carboxylic acid groups (broad SMARTS) is 1. The minimum absolute atomic E-state index is 0.0444. The van der Waals surface area contributed by atoms with Crippen molar-refractivity contribution in [1.29, 1.82) is 0 Å². The van der Waals surface area contributed by atoms with Crippen molar-refractivity contribution in [1.82, 2.24) is 0 Å². The standard InChI is InChI=1S/C18H25NO9/c1-9(17(23)24)26-16-14(19)18(28-13(7-20)15(16)22)25-8-11-5-3-4-6-12(11)27-10(2)21/h3-6,9,13-16,18,20,22H,7-8,19H2,1-2H3,(H,23,24)/t9?,13-,14-,15-,16-,18?/m1/s1. The number of benzene rings is 1. The lowest BCUT2D eigenvalue weighted by atomic mass is 9.97. The van der Waals surface area contributed by atoms with E-state index in [1.54, 1.807) is 24.3 Å². The van der Waals surface area contributed by atoms with E-state index in [2.05, 4.69) is 0 Å². The predicted octanol–water partition coefficient (Wildman–Crippen LogP) is -0.608. The highest BCUT2D eigenvalue weighted by Crippen LogP contribution is 2.26. The normalized spacial score (nSPS) is 28.5. The van der Waals surface area contributed by atoms with Gasteiger partial charge in [-0.2, -0.15) is 0 Å².